The van der Waals surface area contributed by atoms with Crippen LogP contribution in [0.1, 0.15) is 33.5 Å². The number of hydrogen-bond acceptors (Lipinski definition) is 4. The van der Waals surface area contributed by atoms with E-state index in [-0.39, 0.29) is 5.91 Å². The first-order valence-electron chi connectivity index (χ1n) is 8.19. The first-order chi connectivity index (χ1) is 12.1. The van der Waals surface area contributed by atoms with E-state index in [2.05, 4.69) is 12.1 Å². The van der Waals surface area contributed by atoms with Crippen LogP contribution in [0.25, 0.3) is 0 Å². The Morgan fingerprint density at radius 1 is 1.24 bits per heavy atom. The molecule has 1 fully saturated rings. The van der Waals surface area contributed by atoms with Crippen LogP contribution in [0.15, 0.2) is 47.5 Å². The zero-order valence-corrected chi connectivity index (χ0v) is 15.1. The van der Waals surface area contributed by atoms with Gasteiger partial charge in [-0.25, -0.2) is 4.99 Å². The molecule has 1 amide bonds. The van der Waals surface area contributed by atoms with Crippen molar-refractivity contribution in [2.75, 3.05) is 12.3 Å². The van der Waals surface area contributed by atoms with Crippen molar-refractivity contribution < 1.29 is 4.79 Å². The Bertz CT molecular complexity index is 883. The third kappa shape index (κ3) is 3.92. The summed E-state index contributed by atoms with van der Waals surface area (Å²) in [6, 6.07) is 15.1. The minimum absolute atomic E-state index is 0.103. The number of hydrogen-bond donors (Lipinski definition) is 0. The molecule has 1 saturated heterocycles. The first-order valence-corrected chi connectivity index (χ1v) is 9.18. The molecule has 3 rings (SSSR count). The summed E-state index contributed by atoms with van der Waals surface area (Å²) in [5.74, 6) is 0.847. The van der Waals surface area contributed by atoms with Gasteiger partial charge in [0.25, 0.3) is 5.91 Å². The second-order valence-corrected chi connectivity index (χ2v) is 7.10. The Morgan fingerprint density at radius 2 is 2.08 bits per heavy atom. The van der Waals surface area contributed by atoms with E-state index in [0.29, 0.717) is 17.7 Å². The van der Waals surface area contributed by atoms with Crippen molar-refractivity contribution in [3.05, 3.63) is 64.7 Å². The van der Waals surface area contributed by atoms with E-state index in [1.54, 1.807) is 40.9 Å². The van der Waals surface area contributed by atoms with Crippen LogP contribution in [0.3, 0.4) is 0 Å². The summed E-state index contributed by atoms with van der Waals surface area (Å²) in [7, 11) is 0. The predicted molar refractivity (Wildman–Crippen MR) is 102 cm³/mol. The Morgan fingerprint density at radius 3 is 2.88 bits per heavy atom. The van der Waals surface area contributed by atoms with Crippen molar-refractivity contribution >= 4 is 28.5 Å². The molecule has 0 spiro atoms. The monoisotopic (exact) mass is 349 g/mol. The summed E-state index contributed by atoms with van der Waals surface area (Å²) in [5.41, 5.74) is 4.14. The lowest BCUT2D eigenvalue weighted by atomic mass is 10.1. The SMILES string of the molecule is Cc1ccc(C)c(N=C2SCCCN2C(=O)c2cccc(C#N)c2)c1. The molecule has 0 aromatic heterocycles. The number of benzene rings is 2. The van der Waals surface area contributed by atoms with Crippen LogP contribution in [0.2, 0.25) is 0 Å². The second-order valence-electron chi connectivity index (χ2n) is 6.04. The normalized spacial score (nSPS) is 15.9. The molecule has 0 aliphatic carbocycles. The van der Waals surface area contributed by atoms with Crippen molar-refractivity contribution in [1.29, 1.82) is 5.26 Å². The maximum atomic E-state index is 12.9. The number of carbonyl (C=O) groups is 1. The highest BCUT2D eigenvalue weighted by Gasteiger charge is 2.25. The van der Waals surface area contributed by atoms with Crippen LogP contribution < -0.4 is 0 Å². The van der Waals surface area contributed by atoms with E-state index < -0.39 is 0 Å². The van der Waals surface area contributed by atoms with Crippen LogP contribution in [0.4, 0.5) is 5.69 Å². The van der Waals surface area contributed by atoms with Crippen molar-refractivity contribution in [3.63, 3.8) is 0 Å². The van der Waals surface area contributed by atoms with E-state index in [0.717, 1.165) is 34.2 Å². The van der Waals surface area contributed by atoms with Crippen LogP contribution in [0, 0.1) is 25.2 Å². The molecule has 0 radical (unpaired) electrons. The van der Waals surface area contributed by atoms with Gasteiger partial charge in [-0.2, -0.15) is 5.26 Å². The van der Waals surface area contributed by atoms with E-state index in [1.165, 1.54) is 0 Å². The molecule has 4 nitrogen and oxygen atoms in total. The summed E-state index contributed by atoms with van der Waals surface area (Å²) in [5, 5.41) is 9.78. The zero-order valence-electron chi connectivity index (χ0n) is 14.3. The summed E-state index contributed by atoms with van der Waals surface area (Å²) in [6.45, 7) is 4.70. The molecule has 1 aliphatic heterocycles. The number of nitriles is 1. The minimum Gasteiger partial charge on any atom is -0.287 e. The Hall–Kier alpha value is -2.58. The average Bonchev–Trinajstić information content (AvgIpc) is 2.64. The molecular formula is C20H19N3OS. The van der Waals surface area contributed by atoms with Gasteiger partial charge in [0.1, 0.15) is 0 Å². The van der Waals surface area contributed by atoms with Gasteiger partial charge in [-0.15, -0.1) is 0 Å². The van der Waals surface area contributed by atoms with Crippen molar-refractivity contribution in [3.8, 4) is 6.07 Å². The molecule has 0 atom stereocenters. The maximum absolute atomic E-state index is 12.9. The van der Waals surface area contributed by atoms with Gasteiger partial charge in [-0.3, -0.25) is 9.69 Å². The maximum Gasteiger partial charge on any atom is 0.259 e. The Labute approximate surface area is 152 Å². The minimum atomic E-state index is -0.103. The fraction of sp³-hybridized carbons (Fsp3) is 0.250. The molecule has 0 bridgehead atoms. The summed E-state index contributed by atoms with van der Waals surface area (Å²) in [6.07, 6.45) is 0.931. The molecule has 126 valence electrons. The number of aryl methyl sites for hydroxylation is 2. The lowest BCUT2D eigenvalue weighted by Gasteiger charge is -2.28. The van der Waals surface area contributed by atoms with Crippen LogP contribution in [-0.2, 0) is 0 Å². The molecule has 25 heavy (non-hydrogen) atoms. The van der Waals surface area contributed by atoms with Gasteiger partial charge < -0.3 is 0 Å². The smallest absolute Gasteiger partial charge is 0.259 e. The standard InChI is InChI=1S/C20H19N3OS/c1-14-7-8-15(2)18(11-14)22-20-23(9-4-10-25-20)19(24)17-6-3-5-16(12-17)13-21/h3,5-8,11-12H,4,9-10H2,1-2H3. The van der Waals surface area contributed by atoms with Gasteiger partial charge in [0, 0.05) is 17.9 Å². The third-order valence-corrected chi connectivity index (χ3v) is 5.12. The van der Waals surface area contributed by atoms with Crippen molar-refractivity contribution in [1.82, 2.24) is 4.90 Å². The summed E-state index contributed by atoms with van der Waals surface area (Å²) >= 11 is 1.60. The molecule has 2 aromatic carbocycles. The fourth-order valence-electron chi connectivity index (χ4n) is 2.66. The molecule has 0 unspecified atom stereocenters. The molecule has 5 heteroatoms. The molecule has 0 saturated carbocycles. The Kier molecular flexibility index (Phi) is 5.20. The number of amides is 1. The van der Waals surface area contributed by atoms with Gasteiger partial charge in [0.2, 0.25) is 0 Å². The highest BCUT2D eigenvalue weighted by atomic mass is 32.2. The first kappa shape index (κ1) is 17.2. The highest BCUT2D eigenvalue weighted by molar-refractivity contribution is 8.13. The van der Waals surface area contributed by atoms with Crippen molar-refractivity contribution in [2.45, 2.75) is 20.3 Å². The third-order valence-electron chi connectivity index (χ3n) is 4.05. The molecule has 0 N–H and O–H groups in total. The average molecular weight is 349 g/mol. The van der Waals surface area contributed by atoms with Gasteiger partial charge in [-0.05, 0) is 55.7 Å². The quantitative estimate of drug-likeness (QED) is 0.805. The topological polar surface area (TPSA) is 56.5 Å². The largest absolute Gasteiger partial charge is 0.287 e. The highest BCUT2D eigenvalue weighted by Crippen LogP contribution is 2.26. The van der Waals surface area contributed by atoms with Gasteiger partial charge in [-0.1, -0.05) is 30.0 Å². The predicted octanol–water partition coefficient (Wildman–Crippen LogP) is 4.44. The van der Waals surface area contributed by atoms with Gasteiger partial charge in [0.05, 0.1) is 17.3 Å². The van der Waals surface area contributed by atoms with Crippen LogP contribution in [-0.4, -0.2) is 28.3 Å². The van der Waals surface area contributed by atoms with Crippen molar-refractivity contribution in [2.24, 2.45) is 4.99 Å². The fourth-order valence-corrected chi connectivity index (χ4v) is 3.61. The summed E-state index contributed by atoms with van der Waals surface area (Å²) < 4.78 is 0. The molecule has 2 aromatic rings. The second kappa shape index (κ2) is 7.54. The molecule has 1 aliphatic rings. The number of thioether (sulfide) groups is 1. The number of aliphatic imine (C=N–C) groups is 1. The molecule has 1 heterocycles. The number of amidine groups is 1. The summed E-state index contributed by atoms with van der Waals surface area (Å²) in [4.78, 5) is 19.4. The van der Waals surface area contributed by atoms with Gasteiger partial charge in [0.15, 0.2) is 5.17 Å². The van der Waals surface area contributed by atoms with E-state index in [1.807, 2.05) is 26.0 Å². The lowest BCUT2D eigenvalue weighted by Crippen LogP contribution is -2.39. The lowest BCUT2D eigenvalue weighted by molar-refractivity contribution is 0.0849. The van der Waals surface area contributed by atoms with Crippen LogP contribution in [0.5, 0.6) is 0 Å². The number of rotatable bonds is 2. The van der Waals surface area contributed by atoms with E-state index >= 15 is 0 Å². The van der Waals surface area contributed by atoms with Crippen LogP contribution >= 0.6 is 11.8 Å². The molecular weight excluding hydrogens is 330 g/mol. The van der Waals surface area contributed by atoms with E-state index in [4.69, 9.17) is 10.3 Å². The van der Waals surface area contributed by atoms with E-state index in [9.17, 15) is 4.79 Å². The Balaban J connectivity index is 1.95. The number of carbonyl (C=O) groups excluding carboxylic acids is 1. The number of nitrogens with zero attached hydrogens (tertiary/aromatic N) is 3. The van der Waals surface area contributed by atoms with Gasteiger partial charge >= 0.3 is 0 Å². The zero-order chi connectivity index (χ0) is 17.8.